The molecule has 5 heteroatoms. The normalized spacial score (nSPS) is 26.2. The third-order valence-corrected chi connectivity index (χ3v) is 3.66. The fourth-order valence-electron chi connectivity index (χ4n) is 1.76. The molecule has 1 aliphatic carbocycles. The summed E-state index contributed by atoms with van der Waals surface area (Å²) in [6.07, 6.45) is 1.58. The van der Waals surface area contributed by atoms with Crippen LogP contribution in [0.3, 0.4) is 0 Å². The van der Waals surface area contributed by atoms with Gasteiger partial charge in [0.2, 0.25) is 0 Å². The molecule has 0 N–H and O–H groups in total. The van der Waals surface area contributed by atoms with E-state index in [9.17, 15) is 9.90 Å². The fraction of sp³-hybridized carbons (Fsp3) is 0.875. The van der Waals surface area contributed by atoms with Crippen molar-refractivity contribution in [2.75, 3.05) is 24.6 Å². The Bertz CT molecular complexity index is 202. The molecule has 2 aliphatic rings. The van der Waals surface area contributed by atoms with Gasteiger partial charge in [0.25, 0.3) is 0 Å². The van der Waals surface area contributed by atoms with Crippen molar-refractivity contribution in [3.8, 4) is 0 Å². The molecule has 1 aliphatic heterocycles. The van der Waals surface area contributed by atoms with Gasteiger partial charge in [-0.1, -0.05) is 0 Å². The van der Waals surface area contributed by atoms with Crippen LogP contribution in [0.2, 0.25) is 0 Å². The summed E-state index contributed by atoms with van der Waals surface area (Å²) >= 11 is 1.90. The second kappa shape index (κ2) is 4.53. The van der Waals surface area contributed by atoms with E-state index < -0.39 is 11.5 Å². The minimum Gasteiger partial charge on any atom is -0.548 e. The molecule has 13 heavy (non-hydrogen) atoms. The fourth-order valence-corrected chi connectivity index (χ4v) is 2.66. The van der Waals surface area contributed by atoms with Crippen LogP contribution < -0.4 is 34.7 Å². The molecule has 0 radical (unpaired) electrons. The van der Waals surface area contributed by atoms with Gasteiger partial charge in [-0.3, -0.25) is 4.90 Å². The SMILES string of the molecule is O=C([O-])C1(N2CCSCC2)CC1.[Na+]. The van der Waals surface area contributed by atoms with Crippen LogP contribution in [0.5, 0.6) is 0 Å². The zero-order chi connectivity index (χ0) is 8.60. The van der Waals surface area contributed by atoms with Crippen molar-refractivity contribution in [3.05, 3.63) is 0 Å². The minimum atomic E-state index is -0.866. The van der Waals surface area contributed by atoms with Crippen molar-refractivity contribution in [2.24, 2.45) is 0 Å². The van der Waals surface area contributed by atoms with Crippen LogP contribution in [-0.4, -0.2) is 41.0 Å². The predicted molar refractivity (Wildman–Crippen MR) is 45.9 cm³/mol. The zero-order valence-corrected chi connectivity index (χ0v) is 10.7. The Kier molecular flexibility index (Phi) is 4.13. The third-order valence-electron chi connectivity index (χ3n) is 2.72. The van der Waals surface area contributed by atoms with Crippen molar-refractivity contribution >= 4 is 17.7 Å². The molecule has 0 bridgehead atoms. The standard InChI is InChI=1S/C8H13NO2S.Na/c10-7(11)8(1-2-8)9-3-5-12-6-4-9;/h1-6H2,(H,10,11);/q;+1/p-1. The van der Waals surface area contributed by atoms with E-state index in [0.717, 1.165) is 37.4 Å². The van der Waals surface area contributed by atoms with Crippen molar-refractivity contribution < 1.29 is 39.5 Å². The number of carboxylic acids is 1. The summed E-state index contributed by atoms with van der Waals surface area (Å²) in [5.41, 5.74) is -0.555. The number of rotatable bonds is 2. The Hall–Kier alpha value is 0.780. The maximum atomic E-state index is 10.8. The maximum Gasteiger partial charge on any atom is 1.00 e. The molecule has 0 amide bonds. The summed E-state index contributed by atoms with van der Waals surface area (Å²) in [6, 6.07) is 0. The van der Waals surface area contributed by atoms with Crippen LogP contribution in [0.15, 0.2) is 0 Å². The summed E-state index contributed by atoms with van der Waals surface area (Å²) in [4.78, 5) is 12.9. The summed E-state index contributed by atoms with van der Waals surface area (Å²) in [7, 11) is 0. The van der Waals surface area contributed by atoms with Gasteiger partial charge in [0, 0.05) is 24.6 Å². The first-order chi connectivity index (χ1) is 5.76. The first kappa shape index (κ1) is 11.9. The van der Waals surface area contributed by atoms with Crippen molar-refractivity contribution in [3.63, 3.8) is 0 Å². The van der Waals surface area contributed by atoms with Gasteiger partial charge in [0.1, 0.15) is 0 Å². The van der Waals surface area contributed by atoms with Crippen LogP contribution in [0, 0.1) is 0 Å². The molecule has 1 saturated heterocycles. The summed E-state index contributed by atoms with van der Waals surface area (Å²) in [5, 5.41) is 10.8. The van der Waals surface area contributed by atoms with Gasteiger partial charge in [-0.15, -0.1) is 0 Å². The average Bonchev–Trinajstić information content (AvgIpc) is 2.86. The van der Waals surface area contributed by atoms with E-state index in [1.165, 1.54) is 0 Å². The predicted octanol–water partition coefficient (Wildman–Crippen LogP) is -3.68. The van der Waals surface area contributed by atoms with Crippen molar-refractivity contribution in [2.45, 2.75) is 18.4 Å². The molecule has 0 atom stereocenters. The number of carboxylic acid groups (broad SMARTS) is 1. The number of hydrogen-bond acceptors (Lipinski definition) is 4. The van der Waals surface area contributed by atoms with E-state index in [2.05, 4.69) is 4.90 Å². The molecule has 0 spiro atoms. The van der Waals surface area contributed by atoms with Crippen LogP contribution in [0.1, 0.15) is 12.8 Å². The topological polar surface area (TPSA) is 43.4 Å². The van der Waals surface area contributed by atoms with E-state index >= 15 is 0 Å². The molecular formula is C8H12NNaO2S. The first-order valence-corrected chi connectivity index (χ1v) is 5.45. The van der Waals surface area contributed by atoms with Gasteiger partial charge in [-0.05, 0) is 12.8 Å². The number of thioether (sulfide) groups is 1. The van der Waals surface area contributed by atoms with Crippen LogP contribution >= 0.6 is 11.8 Å². The summed E-state index contributed by atoms with van der Waals surface area (Å²) in [5.74, 6) is 1.26. The van der Waals surface area contributed by atoms with Gasteiger partial charge in [-0.2, -0.15) is 11.8 Å². The third kappa shape index (κ3) is 2.23. The molecular weight excluding hydrogens is 197 g/mol. The van der Waals surface area contributed by atoms with E-state index in [1.54, 1.807) is 0 Å². The maximum absolute atomic E-state index is 10.8. The molecule has 0 unspecified atom stereocenters. The second-order valence-corrected chi connectivity index (χ2v) is 4.64. The van der Waals surface area contributed by atoms with Crippen molar-refractivity contribution in [1.82, 2.24) is 4.90 Å². The molecule has 2 fully saturated rings. The smallest absolute Gasteiger partial charge is 0.548 e. The Morgan fingerprint density at radius 2 is 1.85 bits per heavy atom. The number of carbonyl (C=O) groups is 1. The number of carbonyl (C=O) groups excluding carboxylic acids is 1. The molecule has 2 rings (SSSR count). The van der Waals surface area contributed by atoms with Gasteiger partial charge < -0.3 is 9.90 Å². The van der Waals surface area contributed by atoms with E-state index in [1.807, 2.05) is 11.8 Å². The quantitative estimate of drug-likeness (QED) is 0.439. The number of nitrogens with zero attached hydrogens (tertiary/aromatic N) is 1. The zero-order valence-electron chi connectivity index (χ0n) is 7.91. The van der Waals surface area contributed by atoms with E-state index in [-0.39, 0.29) is 29.6 Å². The molecule has 1 saturated carbocycles. The Balaban J connectivity index is 0.000000845. The van der Waals surface area contributed by atoms with Gasteiger partial charge in [0.05, 0.1) is 11.5 Å². The number of aliphatic carboxylic acids is 1. The largest absolute Gasteiger partial charge is 1.00 e. The molecule has 0 aromatic heterocycles. The molecule has 68 valence electrons. The van der Waals surface area contributed by atoms with Crippen LogP contribution in [0.25, 0.3) is 0 Å². The Morgan fingerprint density at radius 3 is 2.23 bits per heavy atom. The second-order valence-electron chi connectivity index (χ2n) is 3.42. The minimum absolute atomic E-state index is 0. The molecule has 0 aromatic carbocycles. The van der Waals surface area contributed by atoms with Crippen LogP contribution in [-0.2, 0) is 4.79 Å². The average molecular weight is 209 g/mol. The van der Waals surface area contributed by atoms with E-state index in [0.29, 0.717) is 0 Å². The molecule has 1 heterocycles. The first-order valence-electron chi connectivity index (χ1n) is 4.30. The monoisotopic (exact) mass is 209 g/mol. The molecule has 3 nitrogen and oxygen atoms in total. The molecule has 0 aromatic rings. The van der Waals surface area contributed by atoms with E-state index in [4.69, 9.17) is 0 Å². The van der Waals surface area contributed by atoms with Gasteiger partial charge in [0.15, 0.2) is 0 Å². The summed E-state index contributed by atoms with van der Waals surface area (Å²) in [6.45, 7) is 1.83. The Morgan fingerprint density at radius 1 is 1.31 bits per heavy atom. The van der Waals surface area contributed by atoms with Gasteiger partial charge in [-0.25, -0.2) is 0 Å². The van der Waals surface area contributed by atoms with Crippen LogP contribution in [0.4, 0.5) is 0 Å². The van der Waals surface area contributed by atoms with Crippen molar-refractivity contribution in [1.29, 1.82) is 0 Å². The Labute approximate surface area is 105 Å². The number of hydrogen-bond donors (Lipinski definition) is 0. The summed E-state index contributed by atoms with van der Waals surface area (Å²) < 4.78 is 0. The van der Waals surface area contributed by atoms with Gasteiger partial charge >= 0.3 is 29.6 Å².